The average Bonchev–Trinajstić information content (AvgIpc) is 2.98. The molecule has 3 atom stereocenters. The Kier molecular flexibility index (Phi) is 3.32. The Morgan fingerprint density at radius 2 is 2.05 bits per heavy atom. The molecule has 0 spiro atoms. The maximum Gasteiger partial charge on any atom is 0.405 e. The Morgan fingerprint density at radius 3 is 2.74 bits per heavy atom. The zero-order valence-corrected chi connectivity index (χ0v) is 10.8. The Bertz CT molecular complexity index is 485. The van der Waals surface area contributed by atoms with Crippen molar-refractivity contribution in [1.82, 2.24) is 10.3 Å². The number of hydrogen-bond donors (Lipinski definition) is 1. The number of fused-ring (bicyclic) bond motifs is 1. The summed E-state index contributed by atoms with van der Waals surface area (Å²) < 4.78 is 36.2. The van der Waals surface area contributed by atoms with Gasteiger partial charge in [-0.1, -0.05) is 30.3 Å². The third kappa shape index (κ3) is 2.28. The van der Waals surface area contributed by atoms with Crippen molar-refractivity contribution in [3.8, 4) is 0 Å². The van der Waals surface area contributed by atoms with E-state index in [4.69, 9.17) is 0 Å². The second-order valence-corrected chi connectivity index (χ2v) is 5.85. The number of benzene rings is 1. The van der Waals surface area contributed by atoms with Crippen molar-refractivity contribution in [2.24, 2.45) is 5.10 Å². The Labute approximate surface area is 112 Å². The third-order valence-corrected chi connectivity index (χ3v) is 4.29. The number of nitrogens with one attached hydrogen (secondary N) is 1. The number of alkyl halides is 2. The summed E-state index contributed by atoms with van der Waals surface area (Å²) in [4.78, 5) is 0. The predicted octanol–water partition coefficient (Wildman–Crippen LogP) is 2.00. The van der Waals surface area contributed by atoms with E-state index in [0.717, 1.165) is 18.4 Å². The summed E-state index contributed by atoms with van der Waals surface area (Å²) >= 11 is -2.36. The molecule has 0 aliphatic carbocycles. The highest BCUT2D eigenvalue weighted by molar-refractivity contribution is 8.06. The smallest absolute Gasteiger partial charge is 0.405 e. The minimum Gasteiger partial charge on any atom is -0.604 e. The van der Waals surface area contributed by atoms with Gasteiger partial charge in [-0.05, 0) is 18.4 Å². The van der Waals surface area contributed by atoms with E-state index in [0.29, 0.717) is 0 Å². The first-order valence-corrected chi connectivity index (χ1v) is 7.25. The van der Waals surface area contributed by atoms with Gasteiger partial charge in [-0.25, -0.2) is 0 Å². The molecule has 1 aromatic rings. The molecule has 0 radical (unpaired) electrons. The van der Waals surface area contributed by atoms with Crippen LogP contribution in [0.2, 0.25) is 0 Å². The molecule has 2 heterocycles. The fraction of sp³-hybridized carbons (Fsp3) is 0.417. The van der Waals surface area contributed by atoms with Crippen LogP contribution in [0.15, 0.2) is 35.4 Å². The lowest BCUT2D eigenvalue weighted by Gasteiger charge is -2.21. The Hall–Kier alpha value is -1.34. The predicted molar refractivity (Wildman–Crippen MR) is 68.8 cm³/mol. The minimum absolute atomic E-state index is 0.0610. The molecule has 3 rings (SSSR count). The van der Waals surface area contributed by atoms with Crippen molar-refractivity contribution in [2.45, 2.75) is 30.8 Å². The van der Waals surface area contributed by atoms with Gasteiger partial charge in [0.25, 0.3) is 0 Å². The van der Waals surface area contributed by atoms with Crippen LogP contribution < -0.4 is 5.32 Å². The first kappa shape index (κ1) is 12.7. The van der Waals surface area contributed by atoms with Crippen LogP contribution >= 0.6 is 0 Å². The van der Waals surface area contributed by atoms with E-state index < -0.39 is 16.9 Å². The first-order chi connectivity index (χ1) is 9.16. The van der Waals surface area contributed by atoms with Crippen molar-refractivity contribution in [3.63, 3.8) is 0 Å². The molecule has 1 saturated heterocycles. The fourth-order valence-electron chi connectivity index (χ4n) is 2.53. The Morgan fingerprint density at radius 1 is 1.32 bits per heavy atom. The van der Waals surface area contributed by atoms with E-state index in [9.17, 15) is 13.3 Å². The lowest BCUT2D eigenvalue weighted by molar-refractivity contribution is 0.216. The van der Waals surface area contributed by atoms with Crippen molar-refractivity contribution < 1.29 is 13.3 Å². The molecular weight excluding hydrogens is 272 g/mol. The lowest BCUT2D eigenvalue weighted by Crippen LogP contribution is -2.38. The van der Waals surface area contributed by atoms with Gasteiger partial charge in [-0.2, -0.15) is 8.78 Å². The van der Waals surface area contributed by atoms with Crippen molar-refractivity contribution >= 4 is 16.3 Å². The van der Waals surface area contributed by atoms with Gasteiger partial charge in [-0.3, -0.25) is 5.01 Å². The molecule has 102 valence electrons. The standard InChI is InChI=1S/C12H13F2N3OS/c13-11(14)19(18)12-15-10-7-6-9(17(10)16-12)8-4-2-1-3-5-8/h1-5,9-11H,6-7H2,(H,15,16). The summed E-state index contributed by atoms with van der Waals surface area (Å²) in [6.07, 6.45) is 1.58. The highest BCUT2D eigenvalue weighted by atomic mass is 32.2. The normalized spacial score (nSPS) is 27.2. The lowest BCUT2D eigenvalue weighted by atomic mass is 10.1. The second-order valence-electron chi connectivity index (χ2n) is 4.51. The van der Waals surface area contributed by atoms with Gasteiger partial charge in [-0.15, -0.1) is 5.10 Å². The molecule has 1 fully saturated rings. The molecule has 0 aromatic heterocycles. The number of hydrogen-bond acceptors (Lipinski definition) is 4. The topological polar surface area (TPSA) is 50.7 Å². The molecule has 1 N–H and O–H groups in total. The van der Waals surface area contributed by atoms with Gasteiger partial charge in [0.15, 0.2) is 0 Å². The van der Waals surface area contributed by atoms with E-state index in [1.807, 2.05) is 30.3 Å². The van der Waals surface area contributed by atoms with Crippen LogP contribution in [-0.2, 0) is 11.2 Å². The summed E-state index contributed by atoms with van der Waals surface area (Å²) in [6, 6.07) is 9.85. The van der Waals surface area contributed by atoms with Crippen LogP contribution in [-0.4, -0.2) is 26.7 Å². The molecule has 0 bridgehead atoms. The zero-order chi connectivity index (χ0) is 13.4. The van der Waals surface area contributed by atoms with Crippen LogP contribution in [0.1, 0.15) is 24.4 Å². The van der Waals surface area contributed by atoms with Gasteiger partial charge >= 0.3 is 10.9 Å². The van der Waals surface area contributed by atoms with E-state index in [2.05, 4.69) is 10.4 Å². The van der Waals surface area contributed by atoms with Gasteiger partial charge in [0.2, 0.25) is 0 Å². The van der Waals surface area contributed by atoms with Crippen LogP contribution in [0.3, 0.4) is 0 Å². The molecule has 0 saturated carbocycles. The van der Waals surface area contributed by atoms with Gasteiger partial charge in [0.1, 0.15) is 6.17 Å². The van der Waals surface area contributed by atoms with Gasteiger partial charge in [0, 0.05) is 0 Å². The maximum atomic E-state index is 12.4. The van der Waals surface area contributed by atoms with Gasteiger partial charge in [0.05, 0.1) is 17.2 Å². The van der Waals surface area contributed by atoms with E-state index in [1.54, 1.807) is 5.01 Å². The molecule has 7 heteroatoms. The largest absolute Gasteiger partial charge is 0.604 e. The van der Waals surface area contributed by atoms with E-state index in [1.165, 1.54) is 0 Å². The van der Waals surface area contributed by atoms with Crippen LogP contribution in [0.4, 0.5) is 8.78 Å². The van der Waals surface area contributed by atoms with Crippen LogP contribution in [0.25, 0.3) is 0 Å². The van der Waals surface area contributed by atoms with E-state index in [-0.39, 0.29) is 17.4 Å². The summed E-state index contributed by atoms with van der Waals surface area (Å²) in [6.45, 7) is 0. The number of amidine groups is 1. The molecule has 0 amide bonds. The van der Waals surface area contributed by atoms with Crippen molar-refractivity contribution in [1.29, 1.82) is 0 Å². The van der Waals surface area contributed by atoms with E-state index >= 15 is 0 Å². The average molecular weight is 285 g/mol. The monoisotopic (exact) mass is 285 g/mol. The minimum atomic E-state index is -2.90. The third-order valence-electron chi connectivity index (χ3n) is 3.39. The number of nitrogens with zero attached hydrogens (tertiary/aromatic N) is 2. The fourth-order valence-corrected chi connectivity index (χ4v) is 3.12. The molecule has 4 nitrogen and oxygen atoms in total. The Balaban J connectivity index is 1.81. The molecular formula is C12H13F2N3OS. The highest BCUT2D eigenvalue weighted by Crippen LogP contribution is 2.37. The summed E-state index contributed by atoms with van der Waals surface area (Å²) in [7, 11) is 0. The van der Waals surface area contributed by atoms with Crippen LogP contribution in [0, 0.1) is 0 Å². The summed E-state index contributed by atoms with van der Waals surface area (Å²) in [5, 5.41) is 8.56. The number of hydrazone groups is 1. The highest BCUT2D eigenvalue weighted by Gasteiger charge is 2.43. The van der Waals surface area contributed by atoms with Gasteiger partial charge < -0.3 is 9.87 Å². The molecule has 1 aromatic carbocycles. The maximum absolute atomic E-state index is 12.4. The number of rotatable bonds is 2. The van der Waals surface area contributed by atoms with Crippen molar-refractivity contribution in [2.75, 3.05) is 0 Å². The quantitative estimate of drug-likeness (QED) is 0.846. The first-order valence-electron chi connectivity index (χ1n) is 6.04. The SMILES string of the molecule is [O-][S+](C1=NN2C(CCC2c2ccccc2)N1)C(F)F. The summed E-state index contributed by atoms with van der Waals surface area (Å²) in [5.74, 6) is -2.90. The molecule has 19 heavy (non-hydrogen) atoms. The zero-order valence-electron chi connectivity index (χ0n) is 10.00. The number of halogens is 2. The summed E-state index contributed by atoms with van der Waals surface area (Å²) in [5.41, 5.74) is 1.10. The molecule has 3 unspecified atom stereocenters. The second kappa shape index (κ2) is 4.97. The molecule has 2 aliphatic heterocycles. The van der Waals surface area contributed by atoms with Crippen LogP contribution in [0.5, 0.6) is 0 Å². The molecule has 2 aliphatic rings. The van der Waals surface area contributed by atoms with Crippen molar-refractivity contribution in [3.05, 3.63) is 35.9 Å².